The van der Waals surface area contributed by atoms with Crippen LogP contribution >= 0.6 is 11.8 Å². The van der Waals surface area contributed by atoms with Gasteiger partial charge in [-0.25, -0.2) is 0 Å². The van der Waals surface area contributed by atoms with Crippen molar-refractivity contribution in [3.05, 3.63) is 42.8 Å². The molecule has 2 nitrogen and oxygen atoms in total. The Hall–Kier alpha value is -1.02. The quantitative estimate of drug-likeness (QED) is 0.641. The van der Waals surface area contributed by atoms with Crippen LogP contribution in [0.3, 0.4) is 0 Å². The molecular weight excluding hydrogens is 174 g/mol. The number of hydrogen-bond donors (Lipinski definition) is 0. The Morgan fingerprint density at radius 1 is 1.42 bits per heavy atom. The van der Waals surface area contributed by atoms with E-state index in [0.29, 0.717) is 6.54 Å². The van der Waals surface area contributed by atoms with Gasteiger partial charge in [0.2, 0.25) is 5.91 Å². The van der Waals surface area contributed by atoms with Crippen molar-refractivity contribution in [2.45, 2.75) is 6.54 Å². The minimum atomic E-state index is -0.388. The average Bonchev–Trinajstić information content (AvgIpc) is 2.06. The minimum absolute atomic E-state index is 0.388. The van der Waals surface area contributed by atoms with Crippen molar-refractivity contribution in [1.82, 2.24) is 4.42 Å². The number of halogens is 1. The highest BCUT2D eigenvalue weighted by molar-refractivity contribution is 6.21. The lowest BCUT2D eigenvalue weighted by Gasteiger charge is -2.10. The fraction of sp³-hybridized carbons (Fsp3) is 0.111. The predicted octanol–water partition coefficient (Wildman–Crippen LogP) is 2.00. The van der Waals surface area contributed by atoms with Crippen LogP contribution in [-0.2, 0) is 11.3 Å². The molecule has 0 aliphatic rings. The molecule has 0 saturated carbocycles. The molecule has 3 heteroatoms. The molecule has 1 amide bonds. The topological polar surface area (TPSA) is 20.3 Å². The number of nitrogens with zero attached hydrogens (tertiary/aromatic N) is 1. The van der Waals surface area contributed by atoms with Crippen molar-refractivity contribution < 1.29 is 4.79 Å². The third-order valence-corrected chi connectivity index (χ3v) is 1.74. The summed E-state index contributed by atoms with van der Waals surface area (Å²) < 4.78 is 1.05. The number of amides is 1. The van der Waals surface area contributed by atoms with E-state index in [0.717, 1.165) is 9.98 Å². The van der Waals surface area contributed by atoms with Gasteiger partial charge in [0.05, 0.1) is 6.54 Å². The zero-order valence-corrected chi connectivity index (χ0v) is 7.29. The summed E-state index contributed by atoms with van der Waals surface area (Å²) in [5, 5.41) is 0. The van der Waals surface area contributed by atoms with Crippen LogP contribution in [0.1, 0.15) is 5.56 Å². The fourth-order valence-corrected chi connectivity index (χ4v) is 0.970. The molecule has 0 aliphatic heterocycles. The molecule has 0 fully saturated rings. The Balaban J connectivity index is 2.58. The van der Waals surface area contributed by atoms with Crippen molar-refractivity contribution >= 4 is 17.7 Å². The lowest BCUT2D eigenvalue weighted by Crippen LogP contribution is -2.17. The molecule has 0 N–H and O–H groups in total. The molecule has 0 bridgehead atoms. The van der Waals surface area contributed by atoms with Gasteiger partial charge in [-0.2, -0.15) is 0 Å². The summed E-state index contributed by atoms with van der Waals surface area (Å²) in [5.41, 5.74) is 0.990. The second-order valence-electron chi connectivity index (χ2n) is 2.40. The van der Waals surface area contributed by atoms with Gasteiger partial charge in [0, 0.05) is 18.7 Å². The van der Waals surface area contributed by atoms with Gasteiger partial charge in [-0.3, -0.25) is 9.21 Å². The van der Waals surface area contributed by atoms with Gasteiger partial charge in [0.1, 0.15) is 0 Å². The first-order chi connectivity index (χ1) is 5.70. The van der Waals surface area contributed by atoms with E-state index in [1.807, 2.05) is 30.3 Å². The number of carbonyl (C=O) groups is 1. The lowest BCUT2D eigenvalue weighted by molar-refractivity contribution is -0.122. The van der Waals surface area contributed by atoms with Crippen LogP contribution in [0.2, 0.25) is 0 Å². The molecule has 0 aromatic heterocycles. The molecular formula is C9H9ClNO. The van der Waals surface area contributed by atoms with Crippen LogP contribution in [0.5, 0.6) is 0 Å². The maximum absolute atomic E-state index is 10.6. The van der Waals surface area contributed by atoms with Gasteiger partial charge in [0.25, 0.3) is 0 Å². The largest absolute Gasteiger partial charge is 0.274 e. The van der Waals surface area contributed by atoms with Crippen molar-refractivity contribution in [2.24, 2.45) is 0 Å². The van der Waals surface area contributed by atoms with Crippen molar-refractivity contribution in [3.63, 3.8) is 0 Å². The second-order valence-corrected chi connectivity index (χ2v) is 2.81. The van der Waals surface area contributed by atoms with E-state index >= 15 is 0 Å². The maximum Gasteiger partial charge on any atom is 0.237 e. The molecule has 63 valence electrons. The standard InChI is InChI=1S/C9H9ClNO/c1-8(12)11(10)7-9-5-3-2-4-6-9/h2-6H,1,7H2. The minimum Gasteiger partial charge on any atom is -0.274 e. The van der Waals surface area contributed by atoms with Crippen LogP contribution in [0.25, 0.3) is 0 Å². The highest BCUT2D eigenvalue weighted by Crippen LogP contribution is 2.06. The summed E-state index contributed by atoms with van der Waals surface area (Å²) in [7, 11) is 0. The smallest absolute Gasteiger partial charge is 0.237 e. The molecule has 12 heavy (non-hydrogen) atoms. The van der Waals surface area contributed by atoms with Gasteiger partial charge in [-0.1, -0.05) is 30.3 Å². The fourth-order valence-electron chi connectivity index (χ4n) is 0.832. The number of benzene rings is 1. The Bertz CT molecular complexity index is 260. The normalized spacial score (nSPS) is 9.50. The highest BCUT2D eigenvalue weighted by atomic mass is 35.5. The first-order valence-electron chi connectivity index (χ1n) is 3.53. The van der Waals surface area contributed by atoms with E-state index in [1.54, 1.807) is 0 Å². The summed E-state index contributed by atoms with van der Waals surface area (Å²) >= 11 is 5.57. The highest BCUT2D eigenvalue weighted by Gasteiger charge is 2.04. The number of rotatable bonds is 2. The van der Waals surface area contributed by atoms with Gasteiger partial charge in [-0.15, -0.1) is 0 Å². The number of hydrogen-bond acceptors (Lipinski definition) is 1. The van der Waals surface area contributed by atoms with E-state index in [1.165, 1.54) is 0 Å². The monoisotopic (exact) mass is 182 g/mol. The van der Waals surface area contributed by atoms with Gasteiger partial charge < -0.3 is 0 Å². The Morgan fingerprint density at radius 2 is 2.00 bits per heavy atom. The van der Waals surface area contributed by atoms with E-state index < -0.39 is 0 Å². The third-order valence-electron chi connectivity index (χ3n) is 1.43. The molecule has 1 aromatic carbocycles. The summed E-state index contributed by atoms with van der Waals surface area (Å²) in [6.45, 7) is 3.58. The Morgan fingerprint density at radius 3 is 2.50 bits per heavy atom. The molecule has 1 radical (unpaired) electrons. The molecule has 1 rings (SSSR count). The van der Waals surface area contributed by atoms with Gasteiger partial charge in [-0.05, 0) is 5.56 Å². The van der Waals surface area contributed by atoms with Gasteiger partial charge >= 0.3 is 0 Å². The molecule has 0 saturated heterocycles. The summed E-state index contributed by atoms with van der Waals surface area (Å²) in [4.78, 5) is 10.6. The van der Waals surface area contributed by atoms with Crippen molar-refractivity contribution in [2.75, 3.05) is 0 Å². The molecule has 0 unspecified atom stereocenters. The maximum atomic E-state index is 10.6. The molecule has 0 atom stereocenters. The van der Waals surface area contributed by atoms with E-state index in [4.69, 9.17) is 11.8 Å². The zero-order valence-electron chi connectivity index (χ0n) is 6.53. The molecule has 0 spiro atoms. The van der Waals surface area contributed by atoms with E-state index in [2.05, 4.69) is 6.92 Å². The summed E-state index contributed by atoms with van der Waals surface area (Å²) in [6, 6.07) is 9.51. The average molecular weight is 183 g/mol. The van der Waals surface area contributed by atoms with Crippen LogP contribution in [0.4, 0.5) is 0 Å². The third kappa shape index (κ3) is 2.55. The molecule has 0 aliphatic carbocycles. The van der Waals surface area contributed by atoms with E-state index in [9.17, 15) is 4.79 Å². The summed E-state index contributed by atoms with van der Waals surface area (Å²) in [5.74, 6) is -0.388. The van der Waals surface area contributed by atoms with Crippen LogP contribution in [0, 0.1) is 6.92 Å². The predicted molar refractivity (Wildman–Crippen MR) is 48.2 cm³/mol. The van der Waals surface area contributed by atoms with Crippen LogP contribution in [0.15, 0.2) is 30.3 Å². The van der Waals surface area contributed by atoms with Crippen molar-refractivity contribution in [3.8, 4) is 0 Å². The molecule has 1 aromatic rings. The molecule has 0 heterocycles. The second kappa shape index (κ2) is 4.12. The first-order valence-corrected chi connectivity index (χ1v) is 3.87. The Kier molecular flexibility index (Phi) is 3.11. The number of carbonyl (C=O) groups excluding carboxylic acids is 1. The lowest BCUT2D eigenvalue weighted by atomic mass is 10.2. The Labute approximate surface area is 76.9 Å². The van der Waals surface area contributed by atoms with Crippen LogP contribution in [-0.4, -0.2) is 10.3 Å². The zero-order chi connectivity index (χ0) is 8.97. The SMILES string of the molecule is [CH2]C(=O)N(Cl)Cc1ccccc1. The van der Waals surface area contributed by atoms with Gasteiger partial charge in [0.15, 0.2) is 0 Å². The summed E-state index contributed by atoms with van der Waals surface area (Å²) in [6.07, 6.45) is 0. The first kappa shape index (κ1) is 9.07. The van der Waals surface area contributed by atoms with E-state index in [-0.39, 0.29) is 5.91 Å². The van der Waals surface area contributed by atoms with Crippen molar-refractivity contribution in [1.29, 1.82) is 0 Å². The van der Waals surface area contributed by atoms with Crippen LogP contribution < -0.4 is 0 Å².